The summed E-state index contributed by atoms with van der Waals surface area (Å²) in [4.78, 5) is 0. The lowest BCUT2D eigenvalue weighted by molar-refractivity contribution is 0.156. The molecule has 0 aromatic heterocycles. The molecule has 0 unspecified atom stereocenters. The van der Waals surface area contributed by atoms with Gasteiger partial charge < -0.3 is 0 Å². The van der Waals surface area contributed by atoms with Gasteiger partial charge >= 0.3 is 0 Å². The average molecular weight is 377 g/mol. The molecule has 4 rings (SSSR count). The molecule has 0 atom stereocenters. The molecule has 152 valence electrons. The molecule has 2 aliphatic carbocycles. The van der Waals surface area contributed by atoms with E-state index in [1.807, 2.05) is 0 Å². The van der Waals surface area contributed by atoms with Gasteiger partial charge in [-0.25, -0.2) is 0 Å². The standard InChI is InChI=1S/C28H40/c1-3-5-21-7-10-23(11-8-21)24-13-15-25(16-14-24)27-18-17-26-19-22(6-4-2)9-12-28(26)20-27/h9,12,17-21,23-25H,3-8,10-11,13-16H2,1-2H3. The van der Waals surface area contributed by atoms with E-state index in [4.69, 9.17) is 0 Å². The summed E-state index contributed by atoms with van der Waals surface area (Å²) in [5.41, 5.74) is 3.08. The van der Waals surface area contributed by atoms with Gasteiger partial charge in [-0.15, -0.1) is 0 Å². The summed E-state index contributed by atoms with van der Waals surface area (Å²) in [6.07, 6.45) is 17.1. The van der Waals surface area contributed by atoms with Crippen LogP contribution in [-0.2, 0) is 6.42 Å². The highest BCUT2D eigenvalue weighted by atomic mass is 14.4. The van der Waals surface area contributed by atoms with Crippen molar-refractivity contribution in [3.8, 4) is 0 Å². The van der Waals surface area contributed by atoms with E-state index in [9.17, 15) is 0 Å². The Hall–Kier alpha value is -1.30. The fourth-order valence-corrected chi connectivity index (χ4v) is 6.29. The predicted octanol–water partition coefficient (Wildman–Crippen LogP) is 8.67. The monoisotopic (exact) mass is 376 g/mol. The van der Waals surface area contributed by atoms with Crippen molar-refractivity contribution in [2.75, 3.05) is 0 Å². The molecule has 0 amide bonds. The second-order valence-electron chi connectivity index (χ2n) is 9.87. The van der Waals surface area contributed by atoms with Gasteiger partial charge in [-0.2, -0.15) is 0 Å². The van der Waals surface area contributed by atoms with E-state index < -0.39 is 0 Å². The second-order valence-corrected chi connectivity index (χ2v) is 9.87. The van der Waals surface area contributed by atoms with Crippen LogP contribution in [0, 0.1) is 17.8 Å². The summed E-state index contributed by atoms with van der Waals surface area (Å²) in [6, 6.07) is 14.4. The summed E-state index contributed by atoms with van der Waals surface area (Å²) in [6.45, 7) is 4.62. The van der Waals surface area contributed by atoms with E-state index in [0.717, 1.165) is 23.7 Å². The Labute approximate surface area is 173 Å². The van der Waals surface area contributed by atoms with E-state index >= 15 is 0 Å². The number of aryl methyl sites for hydroxylation is 1. The number of fused-ring (bicyclic) bond motifs is 1. The number of hydrogen-bond acceptors (Lipinski definition) is 0. The van der Waals surface area contributed by atoms with E-state index in [2.05, 4.69) is 50.2 Å². The molecule has 0 radical (unpaired) electrons. The van der Waals surface area contributed by atoms with Gasteiger partial charge in [0.15, 0.2) is 0 Å². The summed E-state index contributed by atoms with van der Waals surface area (Å²) < 4.78 is 0. The van der Waals surface area contributed by atoms with E-state index in [0.29, 0.717) is 0 Å². The zero-order chi connectivity index (χ0) is 19.3. The molecule has 0 aliphatic heterocycles. The van der Waals surface area contributed by atoms with Crippen LogP contribution in [0.3, 0.4) is 0 Å². The quantitative estimate of drug-likeness (QED) is 0.473. The van der Waals surface area contributed by atoms with Crippen LogP contribution in [0.25, 0.3) is 10.8 Å². The third-order valence-electron chi connectivity index (χ3n) is 7.97. The minimum atomic E-state index is 0.799. The average Bonchev–Trinajstić information content (AvgIpc) is 2.75. The third kappa shape index (κ3) is 4.64. The molecule has 0 nitrogen and oxygen atoms in total. The first-order chi connectivity index (χ1) is 13.8. The Morgan fingerprint density at radius 1 is 0.679 bits per heavy atom. The van der Waals surface area contributed by atoms with E-state index in [-0.39, 0.29) is 0 Å². The molecule has 0 bridgehead atoms. The minimum Gasteiger partial charge on any atom is -0.0654 e. The van der Waals surface area contributed by atoms with Crippen LogP contribution in [0.2, 0.25) is 0 Å². The van der Waals surface area contributed by atoms with Crippen molar-refractivity contribution in [3.05, 3.63) is 47.5 Å². The van der Waals surface area contributed by atoms with Gasteiger partial charge in [-0.3, -0.25) is 0 Å². The number of rotatable bonds is 6. The van der Waals surface area contributed by atoms with E-state index in [1.165, 1.54) is 93.4 Å². The van der Waals surface area contributed by atoms with E-state index in [1.54, 1.807) is 5.56 Å². The lowest BCUT2D eigenvalue weighted by Crippen LogP contribution is -2.25. The van der Waals surface area contributed by atoms with Crippen LogP contribution in [0.1, 0.15) is 102 Å². The Morgan fingerprint density at radius 2 is 1.32 bits per heavy atom. The maximum atomic E-state index is 2.49. The molecule has 0 spiro atoms. The molecule has 0 heteroatoms. The van der Waals surface area contributed by atoms with Gasteiger partial charge in [0.05, 0.1) is 0 Å². The zero-order valence-corrected chi connectivity index (χ0v) is 18.3. The van der Waals surface area contributed by atoms with Crippen LogP contribution in [-0.4, -0.2) is 0 Å². The van der Waals surface area contributed by atoms with Gasteiger partial charge in [0, 0.05) is 0 Å². The van der Waals surface area contributed by atoms with Crippen molar-refractivity contribution in [1.82, 2.24) is 0 Å². The molecule has 2 aromatic carbocycles. The summed E-state index contributed by atoms with van der Waals surface area (Å²) >= 11 is 0. The van der Waals surface area contributed by atoms with Crippen LogP contribution in [0.15, 0.2) is 36.4 Å². The second kappa shape index (κ2) is 9.47. The molecule has 0 saturated heterocycles. The first kappa shape index (κ1) is 20.0. The normalized spacial score (nSPS) is 28.5. The Kier molecular flexibility index (Phi) is 6.76. The highest BCUT2D eigenvalue weighted by Crippen LogP contribution is 2.44. The fourth-order valence-electron chi connectivity index (χ4n) is 6.29. The molecule has 28 heavy (non-hydrogen) atoms. The van der Waals surface area contributed by atoms with Crippen molar-refractivity contribution in [2.24, 2.45) is 17.8 Å². The molecule has 2 saturated carbocycles. The highest BCUT2D eigenvalue weighted by molar-refractivity contribution is 5.84. The number of benzene rings is 2. The Bertz CT molecular complexity index is 742. The van der Waals surface area contributed by atoms with Gasteiger partial charge in [0.2, 0.25) is 0 Å². The minimum absolute atomic E-state index is 0.799. The molecule has 2 fully saturated rings. The largest absolute Gasteiger partial charge is 0.0654 e. The summed E-state index contributed by atoms with van der Waals surface area (Å²) in [5.74, 6) is 3.92. The SMILES string of the molecule is CCCc1ccc2cc(C3CCC(C4CCC(CCC)CC4)CC3)ccc2c1. The molecular formula is C28H40. The van der Waals surface area contributed by atoms with Crippen molar-refractivity contribution >= 4 is 10.8 Å². The lowest BCUT2D eigenvalue weighted by Gasteiger charge is -2.38. The maximum Gasteiger partial charge on any atom is -0.0162 e. The van der Waals surface area contributed by atoms with Crippen LogP contribution >= 0.6 is 0 Å². The molecule has 2 aliphatic rings. The van der Waals surface area contributed by atoms with Crippen molar-refractivity contribution in [1.29, 1.82) is 0 Å². The van der Waals surface area contributed by atoms with Gasteiger partial charge in [0.25, 0.3) is 0 Å². The van der Waals surface area contributed by atoms with Crippen LogP contribution in [0.4, 0.5) is 0 Å². The van der Waals surface area contributed by atoms with Crippen molar-refractivity contribution < 1.29 is 0 Å². The molecule has 2 aromatic rings. The zero-order valence-electron chi connectivity index (χ0n) is 18.3. The maximum absolute atomic E-state index is 2.49. The number of hydrogen-bond donors (Lipinski definition) is 0. The van der Waals surface area contributed by atoms with Gasteiger partial charge in [-0.05, 0) is 90.5 Å². The van der Waals surface area contributed by atoms with Crippen LogP contribution < -0.4 is 0 Å². The lowest BCUT2D eigenvalue weighted by atomic mass is 9.68. The topological polar surface area (TPSA) is 0 Å². The Balaban J connectivity index is 1.34. The molecule has 0 N–H and O–H groups in total. The highest BCUT2D eigenvalue weighted by Gasteiger charge is 2.31. The van der Waals surface area contributed by atoms with Crippen LogP contribution in [0.5, 0.6) is 0 Å². The smallest absolute Gasteiger partial charge is 0.0162 e. The van der Waals surface area contributed by atoms with Gasteiger partial charge in [0.1, 0.15) is 0 Å². The molecule has 0 heterocycles. The first-order valence-electron chi connectivity index (χ1n) is 12.3. The molecular weight excluding hydrogens is 336 g/mol. The van der Waals surface area contributed by atoms with Crippen molar-refractivity contribution in [3.63, 3.8) is 0 Å². The summed E-state index contributed by atoms with van der Waals surface area (Å²) in [7, 11) is 0. The van der Waals surface area contributed by atoms with Crippen molar-refractivity contribution in [2.45, 2.75) is 96.8 Å². The Morgan fingerprint density at radius 3 is 2.00 bits per heavy atom. The fraction of sp³-hybridized carbons (Fsp3) is 0.643. The predicted molar refractivity (Wildman–Crippen MR) is 123 cm³/mol. The third-order valence-corrected chi connectivity index (χ3v) is 7.97. The van der Waals surface area contributed by atoms with Gasteiger partial charge in [-0.1, -0.05) is 82.3 Å². The first-order valence-corrected chi connectivity index (χ1v) is 12.3. The summed E-state index contributed by atoms with van der Waals surface area (Å²) in [5, 5.41) is 2.86.